The number of methoxy groups -OCH3 is 2. The van der Waals surface area contributed by atoms with Crippen LogP contribution in [0.1, 0.15) is 41.7 Å². The zero-order valence-corrected chi connectivity index (χ0v) is 39.9. The van der Waals surface area contributed by atoms with Crippen molar-refractivity contribution in [3.63, 3.8) is 0 Å². The van der Waals surface area contributed by atoms with Gasteiger partial charge in [-0.3, -0.25) is 4.68 Å². The topological polar surface area (TPSA) is 113 Å². The van der Waals surface area contributed by atoms with Gasteiger partial charge in [0.1, 0.15) is 17.3 Å². The molecule has 1 fully saturated rings. The molecule has 0 saturated carbocycles. The van der Waals surface area contributed by atoms with E-state index in [4.69, 9.17) is 33.7 Å². The largest absolute Gasteiger partial charge is 0.481 e. The van der Waals surface area contributed by atoms with Gasteiger partial charge in [0.15, 0.2) is 0 Å². The lowest BCUT2D eigenvalue weighted by Crippen LogP contribution is -2.32. The number of nitrogens with zero attached hydrogens (tertiary/aromatic N) is 4. The third-order valence-electron chi connectivity index (χ3n) is 12.7. The van der Waals surface area contributed by atoms with E-state index in [1.807, 2.05) is 61.5 Å². The molecule has 4 atom stereocenters. The van der Waals surface area contributed by atoms with Gasteiger partial charge in [-0.15, -0.1) is 0 Å². The van der Waals surface area contributed by atoms with E-state index in [0.29, 0.717) is 29.6 Å². The summed E-state index contributed by atoms with van der Waals surface area (Å²) in [6, 6.07) is 34.9. The fraction of sp³-hybridized carbons (Fsp3) is 0.250. The van der Waals surface area contributed by atoms with Gasteiger partial charge in [0.2, 0.25) is 11.8 Å². The first-order valence-electron chi connectivity index (χ1n) is 21.5. The van der Waals surface area contributed by atoms with Crippen LogP contribution in [0.15, 0.2) is 130 Å². The lowest BCUT2D eigenvalue weighted by molar-refractivity contribution is -0.137. The second-order valence-electron chi connectivity index (χ2n) is 17.0. The van der Waals surface area contributed by atoms with Crippen molar-refractivity contribution in [1.82, 2.24) is 19.7 Å². The van der Waals surface area contributed by atoms with E-state index in [1.54, 1.807) is 31.2 Å². The smallest absolute Gasteiger partial charge is 0.416 e. The summed E-state index contributed by atoms with van der Waals surface area (Å²) in [4.78, 5) is 9.54. The van der Waals surface area contributed by atoms with Crippen molar-refractivity contribution >= 4 is 53.7 Å². The number of ether oxygens (including phenoxy) is 5. The summed E-state index contributed by atoms with van der Waals surface area (Å²) in [6.45, 7) is 5.50. The van der Waals surface area contributed by atoms with E-state index >= 15 is 0 Å². The van der Waals surface area contributed by atoms with Crippen molar-refractivity contribution in [3.8, 4) is 45.3 Å². The van der Waals surface area contributed by atoms with Gasteiger partial charge < -0.3 is 28.8 Å². The van der Waals surface area contributed by atoms with Gasteiger partial charge in [0, 0.05) is 42.6 Å². The molecule has 3 aliphatic rings. The van der Waals surface area contributed by atoms with E-state index in [2.05, 4.69) is 74.2 Å². The molecule has 4 heterocycles. The Labute approximate surface area is 400 Å². The van der Waals surface area contributed by atoms with Gasteiger partial charge in [-0.1, -0.05) is 92.5 Å². The Morgan fingerprint density at radius 3 is 1.78 bits per heavy atom. The molecule has 1 N–H and O–H groups in total. The number of halogens is 5. The summed E-state index contributed by atoms with van der Waals surface area (Å²) < 4.78 is 72.0. The Kier molecular flexibility index (Phi) is 11.7. The van der Waals surface area contributed by atoms with Gasteiger partial charge in [0.05, 0.1) is 80.1 Å². The van der Waals surface area contributed by atoms with Gasteiger partial charge in [0.25, 0.3) is 0 Å². The highest BCUT2D eigenvalue weighted by molar-refractivity contribution is 9.10. The molecule has 0 radical (unpaired) electrons. The SMILES string of the molecule is COc1nc2ccc(Br)cc2c2c1C(C)(OCC(O)Cn1ccc(-c3ccc(C(F)(F)F)cc3)n1)c1ccccc1-2.COc1nc2ccc(Br)cc2c2c1C(C)(OCC1CO1)c1ccccc1-2. The van der Waals surface area contributed by atoms with Crippen molar-refractivity contribution in [2.75, 3.05) is 34.0 Å². The maximum atomic E-state index is 12.9. The summed E-state index contributed by atoms with van der Waals surface area (Å²) in [7, 11) is 3.25. The van der Waals surface area contributed by atoms with Crippen molar-refractivity contribution < 1.29 is 42.0 Å². The summed E-state index contributed by atoms with van der Waals surface area (Å²) in [5.41, 5.74) is 8.65. The van der Waals surface area contributed by atoms with E-state index in [-0.39, 0.29) is 19.3 Å². The summed E-state index contributed by atoms with van der Waals surface area (Å²) in [5.74, 6) is 1.07. The molecule has 10 nitrogen and oxygen atoms in total. The highest BCUT2D eigenvalue weighted by Gasteiger charge is 2.47. The molecule has 11 rings (SSSR count). The second-order valence-corrected chi connectivity index (χ2v) is 18.8. The number of hydrogen-bond donors (Lipinski definition) is 1. The van der Waals surface area contributed by atoms with Crippen LogP contribution in [0.5, 0.6) is 11.8 Å². The van der Waals surface area contributed by atoms with E-state index in [1.165, 1.54) is 17.7 Å². The predicted octanol–water partition coefficient (Wildman–Crippen LogP) is 11.9. The zero-order valence-electron chi connectivity index (χ0n) is 36.7. The molecule has 0 bridgehead atoms. The molecule has 5 aromatic carbocycles. The van der Waals surface area contributed by atoms with Gasteiger partial charge in [-0.2, -0.15) is 18.3 Å². The average Bonchev–Trinajstić information content (AvgIpc) is 3.90. The van der Waals surface area contributed by atoms with Gasteiger partial charge in [-0.25, -0.2) is 9.97 Å². The fourth-order valence-corrected chi connectivity index (χ4v) is 10.1. The molecule has 342 valence electrons. The van der Waals surface area contributed by atoms with Crippen LogP contribution >= 0.6 is 31.9 Å². The average molecular weight is 1040 g/mol. The Balaban J connectivity index is 0.000000173. The maximum absolute atomic E-state index is 12.9. The molecule has 15 heteroatoms. The van der Waals surface area contributed by atoms with E-state index < -0.39 is 29.0 Å². The molecule has 4 unspecified atom stereocenters. The Morgan fingerprint density at radius 1 is 0.746 bits per heavy atom. The summed E-state index contributed by atoms with van der Waals surface area (Å²) in [6.07, 6.45) is -3.45. The lowest BCUT2D eigenvalue weighted by Gasteiger charge is -2.30. The first-order valence-corrected chi connectivity index (χ1v) is 23.1. The minimum absolute atomic E-state index is 0.0145. The number of benzene rings is 5. The van der Waals surface area contributed by atoms with Crippen LogP contribution in [0.4, 0.5) is 13.2 Å². The fourth-order valence-electron chi connectivity index (χ4n) is 9.37. The molecular formula is C52H43Br2F3N4O6. The molecule has 0 amide bonds. The van der Waals surface area contributed by atoms with Gasteiger partial charge in [-0.05, 0) is 90.7 Å². The van der Waals surface area contributed by atoms with Crippen LogP contribution in [-0.4, -0.2) is 71.1 Å². The molecule has 0 spiro atoms. The molecule has 1 saturated heterocycles. The second kappa shape index (κ2) is 17.4. The predicted molar refractivity (Wildman–Crippen MR) is 256 cm³/mol. The minimum atomic E-state index is -4.40. The monoisotopic (exact) mass is 1030 g/mol. The van der Waals surface area contributed by atoms with Crippen molar-refractivity contribution in [3.05, 3.63) is 158 Å². The quantitative estimate of drug-likeness (QED) is 0.127. The number of aliphatic hydroxyl groups excluding tert-OH is 1. The minimum Gasteiger partial charge on any atom is -0.481 e. The normalized spacial score (nSPS) is 19.3. The van der Waals surface area contributed by atoms with Crippen LogP contribution in [0.3, 0.4) is 0 Å². The Morgan fingerprint density at radius 2 is 1.27 bits per heavy atom. The first-order chi connectivity index (χ1) is 32.2. The molecular weight excluding hydrogens is 993 g/mol. The van der Waals surface area contributed by atoms with Crippen molar-refractivity contribution in [1.29, 1.82) is 0 Å². The number of aromatic nitrogens is 4. The maximum Gasteiger partial charge on any atom is 0.416 e. The van der Waals surface area contributed by atoms with Gasteiger partial charge >= 0.3 is 6.18 Å². The summed E-state index contributed by atoms with van der Waals surface area (Å²) >= 11 is 7.17. The number of pyridine rings is 2. The van der Waals surface area contributed by atoms with Crippen LogP contribution in [-0.2, 0) is 38.1 Å². The third-order valence-corrected chi connectivity index (χ3v) is 13.6. The number of alkyl halides is 3. The molecule has 8 aromatic rings. The number of fused-ring (bicyclic) bond motifs is 10. The van der Waals surface area contributed by atoms with Crippen molar-refractivity contribution in [2.24, 2.45) is 0 Å². The third kappa shape index (κ3) is 8.19. The highest BCUT2D eigenvalue weighted by Crippen LogP contribution is 2.56. The Hall–Kier alpha value is -5.68. The zero-order chi connectivity index (χ0) is 46.8. The number of epoxide rings is 1. The number of rotatable bonds is 11. The first kappa shape index (κ1) is 45.1. The van der Waals surface area contributed by atoms with Crippen molar-refractivity contribution in [2.45, 2.75) is 50.0 Å². The highest BCUT2D eigenvalue weighted by atomic mass is 79.9. The lowest BCUT2D eigenvalue weighted by atomic mass is 9.93. The standard InChI is InChI=1S/C31H25BrF3N3O3.C21H18BrNO3/c1-30(41-17-21(39)16-38-14-13-25(37-38)18-7-9-19(10-8-18)31(33,34)35)24-6-4-3-5-22(24)27-23-15-20(32)11-12-26(23)36-29(40-2)28(27)30;1-21(26-11-13-10-25-13)16-6-4-3-5-14(16)18-15-9-12(22)7-8-17(15)23-20(24-2)19(18)21/h3-15,21,39H,16-17H2,1-2H3;3-9,13H,10-11H2,1-2H3. The number of aliphatic hydroxyl groups is 1. The Bertz CT molecular complexity index is 3200. The number of hydrogen-bond acceptors (Lipinski definition) is 9. The van der Waals surface area contributed by atoms with Crippen LogP contribution in [0, 0.1) is 0 Å². The van der Waals surface area contributed by atoms with E-state index in [9.17, 15) is 18.3 Å². The van der Waals surface area contributed by atoms with E-state index in [0.717, 1.165) is 88.4 Å². The van der Waals surface area contributed by atoms with Crippen LogP contribution in [0.2, 0.25) is 0 Å². The van der Waals surface area contributed by atoms with Crippen LogP contribution in [0.25, 0.3) is 55.3 Å². The summed E-state index contributed by atoms with van der Waals surface area (Å²) in [5, 5.41) is 17.4. The molecule has 1 aliphatic heterocycles. The molecule has 3 aromatic heterocycles. The molecule has 67 heavy (non-hydrogen) atoms. The van der Waals surface area contributed by atoms with Crippen LogP contribution < -0.4 is 9.47 Å². The molecule has 2 aliphatic carbocycles.